The van der Waals surface area contributed by atoms with Crippen molar-refractivity contribution in [3.63, 3.8) is 0 Å². The lowest BCUT2D eigenvalue weighted by molar-refractivity contribution is -0.872. The summed E-state index contributed by atoms with van der Waals surface area (Å²) in [7, 11) is 0. The zero-order valence-electron chi connectivity index (χ0n) is 13.2. The fourth-order valence-corrected chi connectivity index (χ4v) is 3.29. The molecule has 1 heterocycles. The van der Waals surface area contributed by atoms with Gasteiger partial charge in [-0.05, 0) is 18.8 Å². The molecule has 2 nitrogen and oxygen atoms in total. The summed E-state index contributed by atoms with van der Waals surface area (Å²) < 4.78 is 0.745. The second kappa shape index (κ2) is 9.37. The lowest BCUT2D eigenvalue weighted by Crippen LogP contribution is -2.49. The Kier molecular flexibility index (Phi) is 8.14. The summed E-state index contributed by atoms with van der Waals surface area (Å²) in [4.78, 5) is 0. The van der Waals surface area contributed by atoms with Crippen LogP contribution in [-0.2, 0) is 0 Å². The lowest BCUT2D eigenvalue weighted by atomic mass is 9.90. The molecule has 1 aliphatic heterocycles. The topological polar surface area (TPSA) is 23.8 Å². The highest BCUT2D eigenvalue weighted by Crippen LogP contribution is 2.27. The van der Waals surface area contributed by atoms with Gasteiger partial charge in [-0.3, -0.25) is 0 Å². The molecule has 1 saturated heterocycles. The molecule has 0 aromatic heterocycles. The number of nitriles is 1. The van der Waals surface area contributed by atoms with E-state index in [-0.39, 0.29) is 0 Å². The van der Waals surface area contributed by atoms with Crippen molar-refractivity contribution in [1.29, 1.82) is 5.26 Å². The summed E-state index contributed by atoms with van der Waals surface area (Å²) >= 11 is 0. The van der Waals surface area contributed by atoms with E-state index in [1.165, 1.54) is 64.2 Å². The van der Waals surface area contributed by atoms with Crippen molar-refractivity contribution in [1.82, 2.24) is 0 Å². The van der Waals surface area contributed by atoms with Gasteiger partial charge in [0, 0.05) is 12.8 Å². The molecule has 0 N–H and O–H groups in total. The first-order chi connectivity index (χ1) is 9.26. The van der Waals surface area contributed by atoms with Gasteiger partial charge in [0.05, 0.1) is 19.6 Å². The Morgan fingerprint density at radius 1 is 0.947 bits per heavy atom. The van der Waals surface area contributed by atoms with Crippen LogP contribution in [0.1, 0.15) is 78.1 Å². The normalized spacial score (nSPS) is 27.1. The molecule has 0 bridgehead atoms. The molecule has 110 valence electrons. The number of hydrogen-bond acceptors (Lipinski definition) is 1. The Balaban J connectivity index is 2.24. The molecule has 0 aromatic rings. The third kappa shape index (κ3) is 5.95. The maximum Gasteiger partial charge on any atom is 0.308 e. The number of rotatable bonds is 9. The van der Waals surface area contributed by atoms with Crippen LogP contribution in [0.4, 0.5) is 0 Å². The van der Waals surface area contributed by atoms with Crippen molar-refractivity contribution in [2.75, 3.05) is 19.6 Å². The van der Waals surface area contributed by atoms with Gasteiger partial charge in [-0.2, -0.15) is 0 Å². The number of unbranched alkanes of at least 4 members (excludes halogenated alkanes) is 5. The Bertz CT molecular complexity index is 253. The zero-order chi connectivity index (χ0) is 14.0. The number of quaternary nitrogens is 1. The first kappa shape index (κ1) is 16.5. The van der Waals surface area contributed by atoms with E-state index >= 15 is 0 Å². The quantitative estimate of drug-likeness (QED) is 0.332. The van der Waals surface area contributed by atoms with E-state index in [2.05, 4.69) is 20.0 Å². The van der Waals surface area contributed by atoms with Gasteiger partial charge < -0.3 is 0 Å². The first-order valence-electron chi connectivity index (χ1n) is 8.53. The fraction of sp³-hybridized carbons (Fsp3) is 0.941. The van der Waals surface area contributed by atoms with Crippen molar-refractivity contribution >= 4 is 0 Å². The van der Waals surface area contributed by atoms with Crippen LogP contribution in [0.3, 0.4) is 0 Å². The van der Waals surface area contributed by atoms with E-state index in [9.17, 15) is 5.26 Å². The van der Waals surface area contributed by atoms with Crippen LogP contribution in [0.2, 0.25) is 0 Å². The lowest BCUT2D eigenvalue weighted by Gasteiger charge is -2.36. The van der Waals surface area contributed by atoms with Crippen molar-refractivity contribution in [2.24, 2.45) is 5.92 Å². The van der Waals surface area contributed by atoms with Gasteiger partial charge in [0.25, 0.3) is 0 Å². The number of piperidine rings is 1. The SMILES string of the molecule is CCCCCCC[N+]1(C#N)CCC(CCCC)CC1. The van der Waals surface area contributed by atoms with Gasteiger partial charge in [0.15, 0.2) is 0 Å². The minimum Gasteiger partial charge on any atom is -0.224 e. The van der Waals surface area contributed by atoms with Crippen LogP contribution in [-0.4, -0.2) is 24.1 Å². The summed E-state index contributed by atoms with van der Waals surface area (Å²) in [6.07, 6.45) is 15.8. The van der Waals surface area contributed by atoms with Gasteiger partial charge in [-0.1, -0.05) is 52.4 Å². The average Bonchev–Trinajstić information content (AvgIpc) is 2.46. The van der Waals surface area contributed by atoms with Crippen molar-refractivity contribution in [3.8, 4) is 6.19 Å². The average molecular weight is 265 g/mol. The summed E-state index contributed by atoms with van der Waals surface area (Å²) in [6, 6.07) is 0. The van der Waals surface area contributed by atoms with E-state index in [1.807, 2.05) is 0 Å². The van der Waals surface area contributed by atoms with E-state index < -0.39 is 0 Å². The smallest absolute Gasteiger partial charge is 0.224 e. The molecule has 0 aromatic carbocycles. The predicted octanol–water partition coefficient (Wildman–Crippen LogP) is 4.85. The Hall–Kier alpha value is -0.550. The van der Waals surface area contributed by atoms with Crippen LogP contribution in [0.5, 0.6) is 0 Å². The van der Waals surface area contributed by atoms with Crippen LogP contribution < -0.4 is 0 Å². The Labute approximate surface area is 120 Å². The standard InChI is InChI=1S/C17H33N2/c1-3-5-7-8-9-13-19(16-18)14-11-17(12-15-19)10-6-4-2/h17H,3-15H2,1-2H3/q+1. The second-order valence-electron chi connectivity index (χ2n) is 6.42. The van der Waals surface area contributed by atoms with Gasteiger partial charge in [0.1, 0.15) is 0 Å². The molecular weight excluding hydrogens is 232 g/mol. The van der Waals surface area contributed by atoms with Crippen molar-refractivity contribution in [2.45, 2.75) is 78.1 Å². The summed E-state index contributed by atoms with van der Waals surface area (Å²) in [5, 5.41) is 9.53. The third-order valence-electron chi connectivity index (χ3n) is 4.80. The number of likely N-dealkylation sites (tertiary alicyclic amines) is 1. The van der Waals surface area contributed by atoms with Crippen LogP contribution in [0, 0.1) is 17.4 Å². The molecule has 0 spiro atoms. The van der Waals surface area contributed by atoms with E-state index in [1.54, 1.807) is 0 Å². The number of hydrogen-bond donors (Lipinski definition) is 0. The molecule has 0 unspecified atom stereocenters. The second-order valence-corrected chi connectivity index (χ2v) is 6.42. The van der Waals surface area contributed by atoms with E-state index in [0.29, 0.717) is 0 Å². The number of nitrogens with zero attached hydrogens (tertiary/aromatic N) is 2. The third-order valence-corrected chi connectivity index (χ3v) is 4.80. The first-order valence-corrected chi connectivity index (χ1v) is 8.53. The minimum atomic E-state index is 0.745. The van der Waals surface area contributed by atoms with E-state index in [4.69, 9.17) is 0 Å². The monoisotopic (exact) mass is 265 g/mol. The van der Waals surface area contributed by atoms with Gasteiger partial charge in [-0.15, -0.1) is 5.26 Å². The predicted molar refractivity (Wildman–Crippen MR) is 81.5 cm³/mol. The maximum absolute atomic E-state index is 9.53. The van der Waals surface area contributed by atoms with E-state index in [0.717, 1.165) is 30.0 Å². The van der Waals surface area contributed by atoms with Crippen molar-refractivity contribution in [3.05, 3.63) is 0 Å². The molecule has 19 heavy (non-hydrogen) atoms. The fourth-order valence-electron chi connectivity index (χ4n) is 3.29. The molecule has 1 aliphatic rings. The summed E-state index contributed by atoms with van der Waals surface area (Å²) in [5.74, 6) is 0.902. The molecule has 2 heteroatoms. The maximum atomic E-state index is 9.53. The minimum absolute atomic E-state index is 0.745. The van der Waals surface area contributed by atoms with Gasteiger partial charge >= 0.3 is 6.19 Å². The van der Waals surface area contributed by atoms with Crippen LogP contribution >= 0.6 is 0 Å². The largest absolute Gasteiger partial charge is 0.308 e. The zero-order valence-corrected chi connectivity index (χ0v) is 13.2. The Morgan fingerprint density at radius 2 is 1.58 bits per heavy atom. The Morgan fingerprint density at radius 3 is 2.16 bits per heavy atom. The molecular formula is C17H33N2+. The highest BCUT2D eigenvalue weighted by Gasteiger charge is 2.33. The molecule has 1 rings (SSSR count). The molecule has 0 amide bonds. The summed E-state index contributed by atoms with van der Waals surface area (Å²) in [6.45, 7) is 7.84. The summed E-state index contributed by atoms with van der Waals surface area (Å²) in [5.41, 5.74) is 0. The van der Waals surface area contributed by atoms with Gasteiger partial charge in [-0.25, -0.2) is 4.48 Å². The van der Waals surface area contributed by atoms with Crippen molar-refractivity contribution < 1.29 is 4.48 Å². The molecule has 1 fully saturated rings. The van der Waals surface area contributed by atoms with Crippen LogP contribution in [0.25, 0.3) is 0 Å². The molecule has 0 saturated carbocycles. The molecule has 0 aliphatic carbocycles. The highest BCUT2D eigenvalue weighted by atomic mass is 15.3. The molecule has 0 radical (unpaired) electrons. The van der Waals surface area contributed by atoms with Gasteiger partial charge in [0.2, 0.25) is 0 Å². The highest BCUT2D eigenvalue weighted by molar-refractivity contribution is 4.70. The van der Waals surface area contributed by atoms with Crippen LogP contribution in [0.15, 0.2) is 0 Å². The molecule has 0 atom stereocenters.